The Labute approximate surface area is 96.0 Å². The van der Waals surface area contributed by atoms with Crippen molar-refractivity contribution in [2.45, 2.75) is 25.3 Å². The van der Waals surface area contributed by atoms with Gasteiger partial charge in [-0.25, -0.2) is 0 Å². The van der Waals surface area contributed by atoms with Gasteiger partial charge in [-0.05, 0) is 37.4 Å². The van der Waals surface area contributed by atoms with Gasteiger partial charge in [-0.15, -0.1) is 0 Å². The molecule has 3 N–H and O–H groups in total. The highest BCUT2D eigenvalue weighted by molar-refractivity contribution is 5.94. The van der Waals surface area contributed by atoms with Gasteiger partial charge in [-0.1, -0.05) is 24.6 Å². The van der Waals surface area contributed by atoms with E-state index in [1.165, 1.54) is 6.42 Å². The minimum absolute atomic E-state index is 0.0194. The molecule has 0 radical (unpaired) electrons. The summed E-state index contributed by atoms with van der Waals surface area (Å²) >= 11 is 0. The third-order valence-electron chi connectivity index (χ3n) is 3.31. The third-order valence-corrected chi connectivity index (χ3v) is 3.31. The molecule has 0 saturated heterocycles. The molecule has 3 nitrogen and oxygen atoms in total. The van der Waals surface area contributed by atoms with Crippen LogP contribution in [0.1, 0.15) is 29.6 Å². The van der Waals surface area contributed by atoms with Gasteiger partial charge < -0.3 is 11.1 Å². The molecule has 16 heavy (non-hydrogen) atoms. The fourth-order valence-electron chi connectivity index (χ4n) is 2.35. The molecule has 86 valence electrons. The number of rotatable bonds is 3. The first-order chi connectivity index (χ1) is 7.81. The van der Waals surface area contributed by atoms with E-state index in [-0.39, 0.29) is 11.9 Å². The zero-order valence-corrected chi connectivity index (χ0v) is 9.36. The summed E-state index contributed by atoms with van der Waals surface area (Å²) in [6.45, 7) is 0.666. The van der Waals surface area contributed by atoms with Crippen molar-refractivity contribution in [1.82, 2.24) is 5.32 Å². The van der Waals surface area contributed by atoms with E-state index in [9.17, 15) is 4.79 Å². The molecule has 1 aliphatic carbocycles. The Bertz CT molecular complexity index is 350. The molecule has 0 spiro atoms. The number of benzene rings is 1. The highest BCUT2D eigenvalue weighted by Crippen LogP contribution is 2.24. The minimum atomic E-state index is 0.0194. The second-order valence-corrected chi connectivity index (χ2v) is 4.37. The Balaban J connectivity index is 1.97. The molecular formula is C13H18N2O. The lowest BCUT2D eigenvalue weighted by Crippen LogP contribution is -2.39. The van der Waals surface area contributed by atoms with Crippen molar-refractivity contribution in [3.05, 3.63) is 35.9 Å². The fraction of sp³-hybridized carbons (Fsp3) is 0.462. The van der Waals surface area contributed by atoms with Crippen LogP contribution in [0.4, 0.5) is 0 Å². The summed E-state index contributed by atoms with van der Waals surface area (Å²) in [7, 11) is 0. The topological polar surface area (TPSA) is 55.1 Å². The van der Waals surface area contributed by atoms with Crippen LogP contribution in [-0.2, 0) is 0 Å². The number of carbonyl (C=O) groups excluding carboxylic acids is 1. The lowest BCUT2D eigenvalue weighted by molar-refractivity contribution is 0.0929. The van der Waals surface area contributed by atoms with Gasteiger partial charge in [0, 0.05) is 11.6 Å². The van der Waals surface area contributed by atoms with Gasteiger partial charge >= 0.3 is 0 Å². The Morgan fingerprint density at radius 2 is 2.06 bits per heavy atom. The summed E-state index contributed by atoms with van der Waals surface area (Å²) in [4.78, 5) is 11.9. The summed E-state index contributed by atoms with van der Waals surface area (Å²) in [6.07, 6.45) is 3.36. The van der Waals surface area contributed by atoms with Crippen molar-refractivity contribution in [2.24, 2.45) is 11.7 Å². The van der Waals surface area contributed by atoms with Crippen LogP contribution in [0.2, 0.25) is 0 Å². The van der Waals surface area contributed by atoms with Crippen molar-refractivity contribution in [3.63, 3.8) is 0 Å². The van der Waals surface area contributed by atoms with Crippen molar-refractivity contribution in [1.29, 1.82) is 0 Å². The van der Waals surface area contributed by atoms with E-state index in [0.717, 1.165) is 18.4 Å². The first-order valence-corrected chi connectivity index (χ1v) is 5.87. The number of amides is 1. The van der Waals surface area contributed by atoms with Crippen molar-refractivity contribution >= 4 is 5.91 Å². The van der Waals surface area contributed by atoms with E-state index in [0.29, 0.717) is 12.5 Å². The quantitative estimate of drug-likeness (QED) is 0.808. The molecule has 1 aromatic carbocycles. The van der Waals surface area contributed by atoms with E-state index >= 15 is 0 Å². The Morgan fingerprint density at radius 3 is 2.75 bits per heavy atom. The molecule has 0 bridgehead atoms. The van der Waals surface area contributed by atoms with Crippen LogP contribution in [0, 0.1) is 5.92 Å². The minimum Gasteiger partial charge on any atom is -0.349 e. The van der Waals surface area contributed by atoms with Crippen LogP contribution in [0.5, 0.6) is 0 Å². The van der Waals surface area contributed by atoms with E-state index in [4.69, 9.17) is 5.73 Å². The molecule has 0 aliphatic heterocycles. The summed E-state index contributed by atoms with van der Waals surface area (Å²) < 4.78 is 0. The standard InChI is InChI=1S/C13H18N2O/c14-9-11-7-4-8-12(11)15-13(16)10-5-2-1-3-6-10/h1-3,5-6,11-12H,4,7-9,14H2,(H,15,16)/t11-,12+/m0/s1. The van der Waals surface area contributed by atoms with Crippen molar-refractivity contribution < 1.29 is 4.79 Å². The summed E-state index contributed by atoms with van der Waals surface area (Å²) in [6, 6.07) is 9.60. The number of nitrogens with two attached hydrogens (primary N) is 1. The van der Waals surface area contributed by atoms with Gasteiger partial charge in [0.05, 0.1) is 0 Å². The smallest absolute Gasteiger partial charge is 0.251 e. The van der Waals surface area contributed by atoms with Crippen LogP contribution in [0.3, 0.4) is 0 Å². The molecule has 3 heteroatoms. The maximum atomic E-state index is 11.9. The summed E-state index contributed by atoms with van der Waals surface area (Å²) in [5.74, 6) is 0.471. The zero-order valence-electron chi connectivity index (χ0n) is 9.36. The summed E-state index contributed by atoms with van der Waals surface area (Å²) in [5, 5.41) is 3.08. The lowest BCUT2D eigenvalue weighted by atomic mass is 10.0. The van der Waals surface area contributed by atoms with E-state index in [1.807, 2.05) is 30.3 Å². The number of nitrogens with one attached hydrogen (secondary N) is 1. The van der Waals surface area contributed by atoms with Crippen molar-refractivity contribution in [2.75, 3.05) is 6.54 Å². The predicted octanol–water partition coefficient (Wildman–Crippen LogP) is 1.54. The highest BCUT2D eigenvalue weighted by atomic mass is 16.1. The third kappa shape index (κ3) is 2.42. The van der Waals surface area contributed by atoms with Gasteiger partial charge in [0.2, 0.25) is 0 Å². The first kappa shape index (κ1) is 11.1. The van der Waals surface area contributed by atoms with E-state index in [2.05, 4.69) is 5.32 Å². The van der Waals surface area contributed by atoms with Crippen LogP contribution in [0.25, 0.3) is 0 Å². The number of hydrogen-bond acceptors (Lipinski definition) is 2. The van der Waals surface area contributed by atoms with Gasteiger partial charge in [0.15, 0.2) is 0 Å². The fourth-order valence-corrected chi connectivity index (χ4v) is 2.35. The summed E-state index contributed by atoms with van der Waals surface area (Å²) in [5.41, 5.74) is 6.41. The average molecular weight is 218 g/mol. The molecule has 0 unspecified atom stereocenters. The van der Waals surface area contributed by atoms with Crippen LogP contribution in [-0.4, -0.2) is 18.5 Å². The molecule has 2 rings (SSSR count). The largest absolute Gasteiger partial charge is 0.349 e. The molecule has 1 amide bonds. The van der Waals surface area contributed by atoms with E-state index in [1.54, 1.807) is 0 Å². The molecule has 0 heterocycles. The van der Waals surface area contributed by atoms with Crippen LogP contribution >= 0.6 is 0 Å². The molecule has 2 atom stereocenters. The monoisotopic (exact) mass is 218 g/mol. The second-order valence-electron chi connectivity index (χ2n) is 4.37. The SMILES string of the molecule is NC[C@@H]1CCC[C@H]1NC(=O)c1ccccc1. The van der Waals surface area contributed by atoms with Gasteiger partial charge in [-0.3, -0.25) is 4.79 Å². The maximum absolute atomic E-state index is 11.9. The molecule has 1 aromatic rings. The number of hydrogen-bond donors (Lipinski definition) is 2. The lowest BCUT2D eigenvalue weighted by Gasteiger charge is -2.19. The van der Waals surface area contributed by atoms with Gasteiger partial charge in [0.25, 0.3) is 5.91 Å². The average Bonchev–Trinajstić information content (AvgIpc) is 2.77. The highest BCUT2D eigenvalue weighted by Gasteiger charge is 2.27. The molecule has 1 aliphatic rings. The molecule has 1 fully saturated rings. The maximum Gasteiger partial charge on any atom is 0.251 e. The van der Waals surface area contributed by atoms with Crippen LogP contribution in [0.15, 0.2) is 30.3 Å². The Kier molecular flexibility index (Phi) is 3.57. The second kappa shape index (κ2) is 5.12. The molecular weight excluding hydrogens is 200 g/mol. The van der Waals surface area contributed by atoms with E-state index < -0.39 is 0 Å². The van der Waals surface area contributed by atoms with Gasteiger partial charge in [-0.2, -0.15) is 0 Å². The first-order valence-electron chi connectivity index (χ1n) is 5.87. The molecule has 1 saturated carbocycles. The zero-order chi connectivity index (χ0) is 11.4. The molecule has 0 aromatic heterocycles. The Morgan fingerprint density at radius 1 is 1.31 bits per heavy atom. The number of carbonyl (C=O) groups is 1. The van der Waals surface area contributed by atoms with Crippen LogP contribution < -0.4 is 11.1 Å². The predicted molar refractivity (Wildman–Crippen MR) is 64.1 cm³/mol. The van der Waals surface area contributed by atoms with Gasteiger partial charge in [0.1, 0.15) is 0 Å². The van der Waals surface area contributed by atoms with Crippen molar-refractivity contribution in [3.8, 4) is 0 Å². The Hall–Kier alpha value is -1.35. The normalized spacial score (nSPS) is 24.3.